The standard InChI is InChI=1S/C16H14FNO2S/c17-13-5-3-11(4-6-13)15(19)12-7-8-18(10-12)16(20)14-2-1-9-21-14/h1-6,9,12H,7-8,10H2. The lowest BCUT2D eigenvalue weighted by atomic mass is 9.97. The van der Waals surface area contributed by atoms with Gasteiger partial charge in [0.2, 0.25) is 0 Å². The fourth-order valence-electron chi connectivity index (χ4n) is 2.56. The van der Waals surface area contributed by atoms with Gasteiger partial charge < -0.3 is 4.90 Å². The lowest BCUT2D eigenvalue weighted by Crippen LogP contribution is -2.29. The molecule has 1 atom stereocenters. The zero-order valence-corrected chi connectivity index (χ0v) is 12.1. The van der Waals surface area contributed by atoms with E-state index in [1.807, 2.05) is 11.4 Å². The van der Waals surface area contributed by atoms with Crippen molar-refractivity contribution in [2.24, 2.45) is 5.92 Å². The van der Waals surface area contributed by atoms with Gasteiger partial charge >= 0.3 is 0 Å². The first-order valence-electron chi connectivity index (χ1n) is 6.77. The molecule has 3 nitrogen and oxygen atoms in total. The highest BCUT2D eigenvalue weighted by atomic mass is 32.1. The number of carbonyl (C=O) groups excluding carboxylic acids is 2. The fourth-order valence-corrected chi connectivity index (χ4v) is 3.26. The number of halogens is 1. The molecule has 1 aliphatic heterocycles. The van der Waals surface area contributed by atoms with E-state index in [4.69, 9.17) is 0 Å². The molecule has 1 aromatic carbocycles. The van der Waals surface area contributed by atoms with Crippen molar-refractivity contribution >= 4 is 23.0 Å². The molecule has 21 heavy (non-hydrogen) atoms. The van der Waals surface area contributed by atoms with Gasteiger partial charge in [-0.25, -0.2) is 4.39 Å². The quantitative estimate of drug-likeness (QED) is 0.816. The third kappa shape index (κ3) is 2.88. The molecule has 1 aliphatic rings. The van der Waals surface area contributed by atoms with Crippen LogP contribution in [0.2, 0.25) is 0 Å². The summed E-state index contributed by atoms with van der Waals surface area (Å²) in [6.45, 7) is 1.03. The second kappa shape index (κ2) is 5.77. The van der Waals surface area contributed by atoms with Crippen LogP contribution in [0.25, 0.3) is 0 Å². The van der Waals surface area contributed by atoms with Crippen LogP contribution in [0.3, 0.4) is 0 Å². The minimum atomic E-state index is -0.354. The van der Waals surface area contributed by atoms with Gasteiger partial charge in [0.1, 0.15) is 5.82 Å². The molecule has 2 aromatic rings. The highest BCUT2D eigenvalue weighted by Gasteiger charge is 2.32. The molecule has 0 radical (unpaired) electrons. The summed E-state index contributed by atoms with van der Waals surface area (Å²) in [5, 5.41) is 1.87. The van der Waals surface area contributed by atoms with Crippen molar-refractivity contribution in [1.29, 1.82) is 0 Å². The summed E-state index contributed by atoms with van der Waals surface area (Å²) < 4.78 is 12.9. The van der Waals surface area contributed by atoms with Crippen molar-refractivity contribution in [1.82, 2.24) is 4.90 Å². The number of likely N-dealkylation sites (tertiary alicyclic amines) is 1. The minimum absolute atomic E-state index is 0.0144. The predicted molar refractivity (Wildman–Crippen MR) is 79.1 cm³/mol. The molecular formula is C16H14FNO2S. The van der Waals surface area contributed by atoms with Gasteiger partial charge in [-0.15, -0.1) is 11.3 Å². The molecule has 0 saturated carbocycles. The maximum absolute atomic E-state index is 12.9. The van der Waals surface area contributed by atoms with Crippen LogP contribution >= 0.6 is 11.3 Å². The molecule has 0 spiro atoms. The monoisotopic (exact) mass is 303 g/mol. The highest BCUT2D eigenvalue weighted by molar-refractivity contribution is 7.12. The molecule has 1 amide bonds. The Kier molecular flexibility index (Phi) is 3.84. The number of thiophene rings is 1. The number of rotatable bonds is 3. The molecule has 1 saturated heterocycles. The molecule has 2 heterocycles. The first-order chi connectivity index (χ1) is 10.1. The lowest BCUT2D eigenvalue weighted by molar-refractivity contribution is 0.0784. The molecule has 3 rings (SSSR count). The molecular weight excluding hydrogens is 289 g/mol. The number of ketones is 1. The Morgan fingerprint density at radius 2 is 1.95 bits per heavy atom. The number of carbonyl (C=O) groups is 2. The molecule has 0 aliphatic carbocycles. The van der Waals surface area contributed by atoms with E-state index in [2.05, 4.69) is 0 Å². The van der Waals surface area contributed by atoms with E-state index < -0.39 is 0 Å². The Balaban J connectivity index is 1.68. The first kappa shape index (κ1) is 13.9. The van der Waals surface area contributed by atoms with Gasteiger partial charge in [0.25, 0.3) is 5.91 Å². The van der Waals surface area contributed by atoms with E-state index in [1.165, 1.54) is 35.6 Å². The lowest BCUT2D eigenvalue weighted by Gasteiger charge is -2.15. The molecule has 1 unspecified atom stereocenters. The number of hydrogen-bond acceptors (Lipinski definition) is 3. The van der Waals surface area contributed by atoms with Crippen molar-refractivity contribution in [3.63, 3.8) is 0 Å². The maximum Gasteiger partial charge on any atom is 0.263 e. The van der Waals surface area contributed by atoms with Gasteiger partial charge in [-0.1, -0.05) is 6.07 Å². The smallest absolute Gasteiger partial charge is 0.263 e. The van der Waals surface area contributed by atoms with E-state index in [0.29, 0.717) is 30.0 Å². The van der Waals surface area contributed by atoms with Crippen LogP contribution in [0.15, 0.2) is 41.8 Å². The van der Waals surface area contributed by atoms with Crippen LogP contribution in [-0.4, -0.2) is 29.7 Å². The molecule has 1 aromatic heterocycles. The summed E-state index contributed by atoms with van der Waals surface area (Å²) in [6, 6.07) is 9.22. The first-order valence-corrected chi connectivity index (χ1v) is 7.65. The number of hydrogen-bond donors (Lipinski definition) is 0. The van der Waals surface area contributed by atoms with Gasteiger partial charge in [-0.3, -0.25) is 9.59 Å². The minimum Gasteiger partial charge on any atom is -0.337 e. The van der Waals surface area contributed by atoms with Crippen molar-refractivity contribution in [2.45, 2.75) is 6.42 Å². The summed E-state index contributed by atoms with van der Waals surface area (Å²) in [7, 11) is 0. The van der Waals surface area contributed by atoms with Crippen LogP contribution < -0.4 is 0 Å². The van der Waals surface area contributed by atoms with Crippen LogP contribution in [0.1, 0.15) is 26.5 Å². The van der Waals surface area contributed by atoms with Crippen molar-refractivity contribution in [3.8, 4) is 0 Å². The fraction of sp³-hybridized carbons (Fsp3) is 0.250. The predicted octanol–water partition coefficient (Wildman–Crippen LogP) is 3.23. The van der Waals surface area contributed by atoms with Gasteiger partial charge in [0, 0.05) is 24.6 Å². The third-order valence-corrected chi connectivity index (χ3v) is 4.56. The van der Waals surface area contributed by atoms with Crippen LogP contribution in [0.4, 0.5) is 4.39 Å². The van der Waals surface area contributed by atoms with E-state index in [1.54, 1.807) is 11.0 Å². The van der Waals surface area contributed by atoms with E-state index in [9.17, 15) is 14.0 Å². The Labute approximate surface area is 126 Å². The zero-order valence-electron chi connectivity index (χ0n) is 11.3. The van der Waals surface area contributed by atoms with Crippen LogP contribution in [0, 0.1) is 11.7 Å². The summed E-state index contributed by atoms with van der Waals surface area (Å²) >= 11 is 1.41. The van der Waals surface area contributed by atoms with Crippen LogP contribution in [0.5, 0.6) is 0 Å². The number of nitrogens with zero attached hydrogens (tertiary/aromatic N) is 1. The molecule has 5 heteroatoms. The summed E-state index contributed by atoms with van der Waals surface area (Å²) in [4.78, 5) is 27.0. The topological polar surface area (TPSA) is 37.4 Å². The average molecular weight is 303 g/mol. The largest absolute Gasteiger partial charge is 0.337 e. The SMILES string of the molecule is O=C(c1ccc(F)cc1)C1CCN(C(=O)c2cccs2)C1. The summed E-state index contributed by atoms with van der Waals surface area (Å²) in [6.07, 6.45) is 0.660. The van der Waals surface area contributed by atoms with Crippen molar-refractivity contribution < 1.29 is 14.0 Å². The van der Waals surface area contributed by atoms with Gasteiger partial charge in [0.05, 0.1) is 4.88 Å². The Bertz CT molecular complexity index is 651. The molecule has 0 bridgehead atoms. The van der Waals surface area contributed by atoms with Gasteiger partial charge in [-0.05, 0) is 42.1 Å². The number of Topliss-reactive ketones (excluding diaryl/α,β-unsaturated/α-hetero) is 1. The normalized spacial score (nSPS) is 18.0. The molecule has 0 N–H and O–H groups in total. The van der Waals surface area contributed by atoms with E-state index in [-0.39, 0.29) is 23.4 Å². The molecule has 1 fully saturated rings. The average Bonchev–Trinajstić information content (AvgIpc) is 3.18. The van der Waals surface area contributed by atoms with Crippen LogP contribution in [-0.2, 0) is 0 Å². The summed E-state index contributed by atoms with van der Waals surface area (Å²) in [5.41, 5.74) is 0.506. The van der Waals surface area contributed by atoms with Gasteiger partial charge in [0.15, 0.2) is 5.78 Å². The highest BCUT2D eigenvalue weighted by Crippen LogP contribution is 2.24. The Morgan fingerprint density at radius 1 is 1.19 bits per heavy atom. The summed E-state index contributed by atoms with van der Waals surface area (Å²) in [5.74, 6) is -0.581. The Hall–Kier alpha value is -2.01. The van der Waals surface area contributed by atoms with E-state index >= 15 is 0 Å². The van der Waals surface area contributed by atoms with Crippen molar-refractivity contribution in [3.05, 3.63) is 58.0 Å². The van der Waals surface area contributed by atoms with Gasteiger partial charge in [-0.2, -0.15) is 0 Å². The number of benzene rings is 1. The Morgan fingerprint density at radius 3 is 2.62 bits per heavy atom. The maximum atomic E-state index is 12.9. The second-order valence-corrected chi connectivity index (χ2v) is 6.03. The zero-order chi connectivity index (χ0) is 14.8. The second-order valence-electron chi connectivity index (χ2n) is 5.09. The third-order valence-electron chi connectivity index (χ3n) is 3.71. The molecule has 108 valence electrons. The van der Waals surface area contributed by atoms with E-state index in [0.717, 1.165) is 0 Å². The van der Waals surface area contributed by atoms with Crippen molar-refractivity contribution in [2.75, 3.05) is 13.1 Å². The number of amides is 1.